The maximum Gasteiger partial charge on any atom is 0.410 e. The summed E-state index contributed by atoms with van der Waals surface area (Å²) in [5.74, 6) is -0.0652. The van der Waals surface area contributed by atoms with Crippen molar-refractivity contribution in [1.29, 1.82) is 0 Å². The molecule has 0 unspecified atom stereocenters. The van der Waals surface area contributed by atoms with Gasteiger partial charge < -0.3 is 9.64 Å². The Labute approximate surface area is 178 Å². The molecule has 1 atom stereocenters. The molecule has 3 rings (SSSR count). The van der Waals surface area contributed by atoms with Crippen LogP contribution in [-0.4, -0.2) is 56.8 Å². The highest BCUT2D eigenvalue weighted by Gasteiger charge is 2.38. The van der Waals surface area contributed by atoms with Gasteiger partial charge in [-0.3, -0.25) is 9.69 Å². The van der Waals surface area contributed by atoms with Crippen LogP contribution in [0.4, 0.5) is 4.79 Å². The van der Waals surface area contributed by atoms with Gasteiger partial charge in [-0.2, -0.15) is 5.10 Å². The van der Waals surface area contributed by atoms with Gasteiger partial charge in [0.1, 0.15) is 11.6 Å². The zero-order valence-corrected chi connectivity index (χ0v) is 18.8. The smallest absolute Gasteiger partial charge is 0.410 e. The average molecular weight is 413 g/mol. The van der Waals surface area contributed by atoms with Gasteiger partial charge in [0.05, 0.1) is 11.4 Å². The number of likely N-dealkylation sites (N-methyl/N-ethyl adjacent to an activating group) is 1. The predicted octanol–water partition coefficient (Wildman–Crippen LogP) is 3.85. The van der Waals surface area contributed by atoms with Crippen LogP contribution in [0.25, 0.3) is 5.69 Å². The Bertz CT molecular complexity index is 915. The Kier molecular flexibility index (Phi) is 6.19. The molecule has 0 spiro atoms. The molecule has 0 radical (unpaired) electrons. The summed E-state index contributed by atoms with van der Waals surface area (Å²) in [6.45, 7) is 10.5. The topological polar surface area (TPSA) is 67.7 Å². The molecule has 1 aromatic carbocycles. The number of aryl methyl sites for hydroxylation is 1. The van der Waals surface area contributed by atoms with Crippen LogP contribution >= 0.6 is 0 Å². The van der Waals surface area contributed by atoms with Gasteiger partial charge in [0.2, 0.25) is 5.91 Å². The molecule has 0 saturated carbocycles. The fourth-order valence-corrected chi connectivity index (χ4v) is 3.86. The molecule has 1 aliphatic rings. The van der Waals surface area contributed by atoms with Crippen LogP contribution in [0.5, 0.6) is 0 Å². The number of likely N-dealkylation sites (tertiary alicyclic amines) is 1. The highest BCUT2D eigenvalue weighted by molar-refractivity contribution is 5.86. The Balaban J connectivity index is 1.74. The first-order chi connectivity index (χ1) is 14.1. The number of hydrogen-bond acceptors (Lipinski definition) is 4. The van der Waals surface area contributed by atoms with E-state index in [0.717, 1.165) is 29.1 Å². The minimum absolute atomic E-state index is 0.0652. The molecule has 0 N–H and O–H groups in total. The van der Waals surface area contributed by atoms with Crippen molar-refractivity contribution in [3.8, 4) is 5.69 Å². The number of nitrogens with zero attached hydrogens (tertiary/aromatic N) is 4. The van der Waals surface area contributed by atoms with Crippen LogP contribution in [0.1, 0.15) is 50.6 Å². The molecule has 7 nitrogen and oxygen atoms in total. The van der Waals surface area contributed by atoms with Crippen molar-refractivity contribution in [2.75, 3.05) is 13.6 Å². The number of para-hydroxylation sites is 1. The molecule has 1 aliphatic heterocycles. The van der Waals surface area contributed by atoms with Crippen LogP contribution in [-0.2, 0) is 16.1 Å². The van der Waals surface area contributed by atoms with Crippen LogP contribution in [0.3, 0.4) is 0 Å². The third kappa shape index (κ3) is 4.66. The Morgan fingerprint density at radius 3 is 2.50 bits per heavy atom. The van der Waals surface area contributed by atoms with Gasteiger partial charge in [0, 0.05) is 31.4 Å². The molecule has 1 aromatic heterocycles. The highest BCUT2D eigenvalue weighted by atomic mass is 16.6. The van der Waals surface area contributed by atoms with Gasteiger partial charge in [0.25, 0.3) is 0 Å². The fraction of sp³-hybridized carbons (Fsp3) is 0.522. The van der Waals surface area contributed by atoms with Crippen LogP contribution in [0.15, 0.2) is 30.3 Å². The monoisotopic (exact) mass is 412 g/mol. The van der Waals surface area contributed by atoms with E-state index in [0.29, 0.717) is 19.5 Å². The fourth-order valence-electron chi connectivity index (χ4n) is 3.86. The van der Waals surface area contributed by atoms with E-state index >= 15 is 0 Å². The molecule has 2 amide bonds. The van der Waals surface area contributed by atoms with Crippen LogP contribution < -0.4 is 0 Å². The summed E-state index contributed by atoms with van der Waals surface area (Å²) in [6.07, 6.45) is 1.04. The molecule has 7 heteroatoms. The lowest BCUT2D eigenvalue weighted by molar-refractivity contribution is -0.135. The van der Waals surface area contributed by atoms with E-state index in [9.17, 15) is 9.59 Å². The van der Waals surface area contributed by atoms with Crippen LogP contribution in [0, 0.1) is 13.8 Å². The van der Waals surface area contributed by atoms with Gasteiger partial charge >= 0.3 is 6.09 Å². The summed E-state index contributed by atoms with van der Waals surface area (Å²) >= 11 is 0. The van der Waals surface area contributed by atoms with Gasteiger partial charge in [0.15, 0.2) is 0 Å². The lowest BCUT2D eigenvalue weighted by atomic mass is 10.1. The third-order valence-corrected chi connectivity index (χ3v) is 5.38. The normalized spacial score (nSPS) is 16.6. The van der Waals surface area contributed by atoms with Crippen molar-refractivity contribution in [1.82, 2.24) is 19.6 Å². The van der Waals surface area contributed by atoms with Crippen molar-refractivity contribution in [3.05, 3.63) is 47.3 Å². The maximum atomic E-state index is 13.2. The molecule has 1 fully saturated rings. The Morgan fingerprint density at radius 2 is 1.87 bits per heavy atom. The molecular formula is C23H32N4O3. The van der Waals surface area contributed by atoms with Crippen LogP contribution in [0.2, 0.25) is 0 Å². The van der Waals surface area contributed by atoms with Crippen molar-refractivity contribution in [2.45, 2.75) is 65.6 Å². The molecule has 162 valence electrons. The minimum atomic E-state index is -0.584. The summed E-state index contributed by atoms with van der Waals surface area (Å²) in [5, 5.41) is 4.67. The molecular weight excluding hydrogens is 380 g/mol. The summed E-state index contributed by atoms with van der Waals surface area (Å²) in [5.41, 5.74) is 3.33. The summed E-state index contributed by atoms with van der Waals surface area (Å²) in [4.78, 5) is 29.0. The third-order valence-electron chi connectivity index (χ3n) is 5.38. The quantitative estimate of drug-likeness (QED) is 0.765. The first kappa shape index (κ1) is 21.9. The number of rotatable bonds is 4. The molecule has 2 aromatic rings. The number of ether oxygens (including phenoxy) is 1. The van der Waals surface area contributed by atoms with E-state index in [1.807, 2.05) is 69.6 Å². The minimum Gasteiger partial charge on any atom is -0.444 e. The molecule has 0 aliphatic carbocycles. The SMILES string of the molecule is Cc1nn(-c2ccccc2)c(C)c1CN(C)C(=O)[C@@H]1CCCN1C(=O)OC(C)(C)C. The van der Waals surface area contributed by atoms with Crippen molar-refractivity contribution in [2.24, 2.45) is 0 Å². The maximum absolute atomic E-state index is 13.2. The number of hydrogen-bond donors (Lipinski definition) is 0. The number of amides is 2. The van der Waals surface area contributed by atoms with E-state index in [1.165, 1.54) is 0 Å². The first-order valence-electron chi connectivity index (χ1n) is 10.4. The molecule has 30 heavy (non-hydrogen) atoms. The highest BCUT2D eigenvalue weighted by Crippen LogP contribution is 2.24. The van der Waals surface area contributed by atoms with Gasteiger partial charge in [-0.1, -0.05) is 18.2 Å². The number of benzene rings is 1. The number of carbonyl (C=O) groups is 2. The lowest BCUT2D eigenvalue weighted by Gasteiger charge is -2.30. The Hall–Kier alpha value is -2.83. The van der Waals surface area contributed by atoms with Gasteiger partial charge in [-0.25, -0.2) is 9.48 Å². The molecule has 1 saturated heterocycles. The van der Waals surface area contributed by atoms with Crippen molar-refractivity contribution >= 4 is 12.0 Å². The molecule has 0 bridgehead atoms. The largest absolute Gasteiger partial charge is 0.444 e. The zero-order chi connectivity index (χ0) is 22.1. The summed E-state index contributed by atoms with van der Waals surface area (Å²) in [6, 6.07) is 9.47. The van der Waals surface area contributed by atoms with Gasteiger partial charge in [-0.15, -0.1) is 0 Å². The van der Waals surface area contributed by atoms with E-state index in [2.05, 4.69) is 5.10 Å². The van der Waals surface area contributed by atoms with E-state index in [4.69, 9.17) is 4.74 Å². The zero-order valence-electron chi connectivity index (χ0n) is 18.8. The van der Waals surface area contributed by atoms with Crippen molar-refractivity contribution in [3.63, 3.8) is 0 Å². The second-order valence-corrected chi connectivity index (χ2v) is 8.92. The second-order valence-electron chi connectivity index (χ2n) is 8.92. The lowest BCUT2D eigenvalue weighted by Crippen LogP contribution is -2.47. The summed E-state index contributed by atoms with van der Waals surface area (Å²) in [7, 11) is 1.78. The molecule has 2 heterocycles. The van der Waals surface area contributed by atoms with E-state index in [1.54, 1.807) is 16.8 Å². The van der Waals surface area contributed by atoms with Gasteiger partial charge in [-0.05, 0) is 59.6 Å². The first-order valence-corrected chi connectivity index (χ1v) is 10.4. The van der Waals surface area contributed by atoms with E-state index in [-0.39, 0.29) is 5.91 Å². The summed E-state index contributed by atoms with van der Waals surface area (Å²) < 4.78 is 7.40. The van der Waals surface area contributed by atoms with Crippen molar-refractivity contribution < 1.29 is 14.3 Å². The number of aromatic nitrogens is 2. The second kappa shape index (κ2) is 8.50. The Morgan fingerprint density at radius 1 is 1.20 bits per heavy atom. The standard InChI is InChI=1S/C23H32N4O3/c1-16-19(17(2)27(24-16)18-11-8-7-9-12-18)15-25(6)21(28)20-13-10-14-26(20)22(29)30-23(3,4)5/h7-9,11-12,20H,10,13-15H2,1-6H3/t20-/m0/s1. The average Bonchev–Trinajstić information content (AvgIpc) is 3.27. The predicted molar refractivity (Wildman–Crippen MR) is 115 cm³/mol. The number of carbonyl (C=O) groups excluding carboxylic acids is 2. The van der Waals surface area contributed by atoms with E-state index < -0.39 is 17.7 Å².